The fourth-order valence-electron chi connectivity index (χ4n) is 1.13. The van der Waals surface area contributed by atoms with E-state index in [-0.39, 0.29) is 0 Å². The van der Waals surface area contributed by atoms with E-state index >= 15 is 0 Å². The van der Waals surface area contributed by atoms with E-state index in [9.17, 15) is 0 Å². The summed E-state index contributed by atoms with van der Waals surface area (Å²) in [5.74, 6) is 0.900. The van der Waals surface area contributed by atoms with Gasteiger partial charge in [0.05, 0.1) is 6.61 Å². The molecule has 0 amide bonds. The Labute approximate surface area is 86.8 Å². The Morgan fingerprint density at radius 3 is 2.23 bits per heavy atom. The molecule has 0 rings (SSSR count). The van der Waals surface area contributed by atoms with Crippen LogP contribution in [0.25, 0.3) is 0 Å². The Hall–Kier alpha value is 0.230. The molecule has 3 nitrogen and oxygen atoms in total. The molecule has 0 spiro atoms. The van der Waals surface area contributed by atoms with Crippen molar-refractivity contribution in [3.8, 4) is 0 Å². The topological polar surface area (TPSA) is 21.7 Å². The molecule has 0 unspecified atom stereocenters. The normalized spacial score (nSPS) is 11.1. The summed E-state index contributed by atoms with van der Waals surface area (Å²) in [6, 6.07) is 0. The van der Waals surface area contributed by atoms with Crippen molar-refractivity contribution in [3.63, 3.8) is 0 Å². The molecule has 0 radical (unpaired) electrons. The highest BCUT2D eigenvalue weighted by atomic mass is 32.1. The van der Waals surface area contributed by atoms with Gasteiger partial charge in [0.2, 0.25) is 0 Å². The van der Waals surface area contributed by atoms with Crippen LogP contribution in [0.4, 0.5) is 0 Å². The van der Waals surface area contributed by atoms with E-state index in [1.807, 2.05) is 0 Å². The Bertz CT molecular complexity index is 104. The molecule has 0 aromatic rings. The van der Waals surface area contributed by atoms with Crippen molar-refractivity contribution in [3.05, 3.63) is 0 Å². The van der Waals surface area contributed by atoms with Gasteiger partial charge in [-0.05, 0) is 6.42 Å². The second kappa shape index (κ2) is 10.3. The quantitative estimate of drug-likeness (QED) is 0.448. The number of methoxy groups -OCH3 is 2. The number of hydrogen-bond acceptors (Lipinski definition) is 4. The summed E-state index contributed by atoms with van der Waals surface area (Å²) < 4.78 is 10.0. The predicted molar refractivity (Wildman–Crippen MR) is 58.7 cm³/mol. The first-order valence-corrected chi connectivity index (χ1v) is 5.29. The molecule has 0 aromatic carbocycles. The number of ether oxygens (including phenoxy) is 2. The maximum Gasteiger partial charge on any atom is 0.0589 e. The molecule has 0 heterocycles. The first kappa shape index (κ1) is 13.2. The van der Waals surface area contributed by atoms with Crippen molar-refractivity contribution in [1.82, 2.24) is 4.90 Å². The van der Waals surface area contributed by atoms with Crippen LogP contribution in [0.2, 0.25) is 0 Å². The lowest BCUT2D eigenvalue weighted by molar-refractivity contribution is 0.136. The smallest absolute Gasteiger partial charge is 0.0589 e. The van der Waals surface area contributed by atoms with Crippen LogP contribution >= 0.6 is 12.6 Å². The van der Waals surface area contributed by atoms with Crippen molar-refractivity contribution in [2.45, 2.75) is 6.42 Å². The van der Waals surface area contributed by atoms with Crippen LogP contribution in [0, 0.1) is 0 Å². The van der Waals surface area contributed by atoms with E-state index in [2.05, 4.69) is 17.5 Å². The van der Waals surface area contributed by atoms with Gasteiger partial charge >= 0.3 is 0 Å². The molecule has 0 aromatic heterocycles. The third-order valence-corrected chi connectivity index (χ3v) is 2.05. The molecule has 0 saturated heterocycles. The standard InChI is InChI=1S/C9H21NO2S/c1-11-7-3-4-10(6-9-13)5-8-12-2/h13H,3-9H2,1-2H3. The first-order chi connectivity index (χ1) is 6.35. The number of rotatable bonds is 9. The number of hydrogen-bond donors (Lipinski definition) is 1. The summed E-state index contributed by atoms with van der Waals surface area (Å²) in [4.78, 5) is 2.34. The fraction of sp³-hybridized carbons (Fsp3) is 1.00. The highest BCUT2D eigenvalue weighted by Gasteiger charge is 2.02. The zero-order chi connectivity index (χ0) is 9.94. The van der Waals surface area contributed by atoms with E-state index in [1.54, 1.807) is 14.2 Å². The SMILES string of the molecule is COCCCN(CCS)CCOC. The van der Waals surface area contributed by atoms with Gasteiger partial charge in [-0.15, -0.1) is 0 Å². The van der Waals surface area contributed by atoms with Crippen molar-refractivity contribution >= 4 is 12.6 Å². The second-order valence-electron chi connectivity index (χ2n) is 2.90. The van der Waals surface area contributed by atoms with Gasteiger partial charge in [0, 0.05) is 46.2 Å². The molecule has 0 atom stereocenters. The van der Waals surface area contributed by atoms with Crippen LogP contribution in [0.5, 0.6) is 0 Å². The van der Waals surface area contributed by atoms with Crippen LogP contribution in [0.3, 0.4) is 0 Å². The highest BCUT2D eigenvalue weighted by Crippen LogP contribution is 1.93. The fourth-order valence-corrected chi connectivity index (χ4v) is 1.41. The largest absolute Gasteiger partial charge is 0.385 e. The summed E-state index contributed by atoms with van der Waals surface area (Å²) in [6.07, 6.45) is 1.08. The van der Waals surface area contributed by atoms with E-state index in [4.69, 9.17) is 9.47 Å². The molecule has 0 saturated carbocycles. The summed E-state index contributed by atoms with van der Waals surface area (Å²) >= 11 is 4.21. The van der Waals surface area contributed by atoms with Crippen LogP contribution in [-0.2, 0) is 9.47 Å². The maximum absolute atomic E-state index is 5.03. The van der Waals surface area contributed by atoms with E-state index < -0.39 is 0 Å². The van der Waals surface area contributed by atoms with E-state index in [1.165, 1.54) is 0 Å². The van der Waals surface area contributed by atoms with Crippen molar-refractivity contribution < 1.29 is 9.47 Å². The van der Waals surface area contributed by atoms with E-state index in [0.717, 1.165) is 45.0 Å². The first-order valence-electron chi connectivity index (χ1n) is 4.66. The van der Waals surface area contributed by atoms with Crippen LogP contribution in [-0.4, -0.2) is 57.7 Å². The predicted octanol–water partition coefficient (Wildman–Crippen LogP) is 0.901. The summed E-state index contributed by atoms with van der Waals surface area (Å²) in [6.45, 7) is 4.70. The lowest BCUT2D eigenvalue weighted by atomic mass is 10.4. The molecule has 0 aliphatic carbocycles. The van der Waals surface area contributed by atoms with Gasteiger partial charge in [-0.25, -0.2) is 0 Å². The minimum atomic E-state index is 0.792. The molecular weight excluding hydrogens is 186 g/mol. The van der Waals surface area contributed by atoms with Crippen LogP contribution in [0.15, 0.2) is 0 Å². The zero-order valence-electron chi connectivity index (χ0n) is 8.66. The molecule has 0 aliphatic heterocycles. The number of thiol groups is 1. The van der Waals surface area contributed by atoms with Gasteiger partial charge in [-0.2, -0.15) is 12.6 Å². The minimum Gasteiger partial charge on any atom is -0.385 e. The zero-order valence-corrected chi connectivity index (χ0v) is 9.56. The molecule has 80 valence electrons. The van der Waals surface area contributed by atoms with E-state index in [0.29, 0.717) is 0 Å². The van der Waals surface area contributed by atoms with Crippen LogP contribution in [0.1, 0.15) is 6.42 Å². The third kappa shape index (κ3) is 8.56. The summed E-state index contributed by atoms with van der Waals surface area (Å²) in [5, 5.41) is 0. The molecule has 0 fully saturated rings. The van der Waals surface area contributed by atoms with Gasteiger partial charge in [0.1, 0.15) is 0 Å². The molecule has 4 heteroatoms. The molecule has 0 N–H and O–H groups in total. The maximum atomic E-state index is 5.03. The van der Waals surface area contributed by atoms with Gasteiger partial charge in [0.25, 0.3) is 0 Å². The summed E-state index contributed by atoms with van der Waals surface area (Å²) in [7, 11) is 3.46. The van der Waals surface area contributed by atoms with Crippen molar-refractivity contribution in [1.29, 1.82) is 0 Å². The third-order valence-electron chi connectivity index (χ3n) is 1.85. The van der Waals surface area contributed by atoms with Gasteiger partial charge in [0.15, 0.2) is 0 Å². The molecule has 13 heavy (non-hydrogen) atoms. The monoisotopic (exact) mass is 207 g/mol. The van der Waals surface area contributed by atoms with Crippen molar-refractivity contribution in [2.24, 2.45) is 0 Å². The highest BCUT2D eigenvalue weighted by molar-refractivity contribution is 7.80. The lowest BCUT2D eigenvalue weighted by Crippen LogP contribution is -2.30. The molecule has 0 aliphatic rings. The lowest BCUT2D eigenvalue weighted by Gasteiger charge is -2.20. The Kier molecular flexibility index (Phi) is 10.5. The van der Waals surface area contributed by atoms with Gasteiger partial charge in [-0.1, -0.05) is 0 Å². The second-order valence-corrected chi connectivity index (χ2v) is 3.35. The molecular formula is C9H21NO2S. The van der Waals surface area contributed by atoms with Gasteiger partial charge in [-0.3, -0.25) is 0 Å². The number of nitrogens with zero attached hydrogens (tertiary/aromatic N) is 1. The Balaban J connectivity index is 3.41. The molecule has 0 bridgehead atoms. The van der Waals surface area contributed by atoms with Gasteiger partial charge < -0.3 is 14.4 Å². The van der Waals surface area contributed by atoms with Crippen molar-refractivity contribution in [2.75, 3.05) is 52.8 Å². The average molecular weight is 207 g/mol. The summed E-state index contributed by atoms with van der Waals surface area (Å²) in [5.41, 5.74) is 0. The minimum absolute atomic E-state index is 0.792. The average Bonchev–Trinajstić information content (AvgIpc) is 2.14. The Morgan fingerprint density at radius 1 is 1.00 bits per heavy atom. The Morgan fingerprint density at radius 2 is 1.69 bits per heavy atom. The van der Waals surface area contributed by atoms with Crippen LogP contribution < -0.4 is 0 Å².